The Balaban J connectivity index is 1.56. The first-order chi connectivity index (χ1) is 16.9. The number of aryl methyl sites for hydroxylation is 1. The smallest absolute Gasteiger partial charge is 0.320 e. The van der Waals surface area contributed by atoms with Crippen molar-refractivity contribution in [2.24, 2.45) is 0 Å². The second kappa shape index (κ2) is 11.0. The number of rotatable bonds is 8. The lowest BCUT2D eigenvalue weighted by molar-refractivity contribution is 0.159. The summed E-state index contributed by atoms with van der Waals surface area (Å²) in [6.07, 6.45) is 0.733. The van der Waals surface area contributed by atoms with E-state index >= 15 is 0 Å². The summed E-state index contributed by atoms with van der Waals surface area (Å²) >= 11 is 0. The second-order valence-electron chi connectivity index (χ2n) is 8.76. The van der Waals surface area contributed by atoms with E-state index in [1.54, 1.807) is 17.9 Å². The molecule has 3 aromatic rings. The summed E-state index contributed by atoms with van der Waals surface area (Å²) < 4.78 is 34.4. The Bertz CT molecular complexity index is 1170. The maximum atomic E-state index is 14.0. The van der Waals surface area contributed by atoms with E-state index in [0.717, 1.165) is 29.4 Å². The van der Waals surface area contributed by atoms with E-state index in [1.807, 2.05) is 44.2 Å². The maximum absolute atomic E-state index is 14.0. The van der Waals surface area contributed by atoms with Crippen molar-refractivity contribution in [3.63, 3.8) is 0 Å². The number of likely N-dealkylation sites (tertiary alicyclic amines) is 1. The highest BCUT2D eigenvalue weighted by Gasteiger charge is 2.35. The summed E-state index contributed by atoms with van der Waals surface area (Å²) in [5.74, 6) is -1.37. The molecule has 1 fully saturated rings. The van der Waals surface area contributed by atoms with Crippen molar-refractivity contribution >= 4 is 11.8 Å². The van der Waals surface area contributed by atoms with E-state index in [1.165, 1.54) is 6.07 Å². The van der Waals surface area contributed by atoms with Gasteiger partial charge in [-0.15, -0.1) is 0 Å². The Morgan fingerprint density at radius 2 is 1.91 bits per heavy atom. The standard InChI is InChI=1S/C26H31F2N5O2/c1-4-23-17(2)25(33(31-23)19-8-6-5-7-9-19)30-26(34)29-24-16-32(12-13-35-3)15-20(24)18-10-11-21(27)22(28)14-18/h5-11,14,20,24H,4,12-13,15-16H2,1-3H3,(H2,29,30,34)/t20-,24+/m0/s1. The van der Waals surface area contributed by atoms with Crippen LogP contribution in [0, 0.1) is 18.6 Å². The summed E-state index contributed by atoms with van der Waals surface area (Å²) in [5.41, 5.74) is 3.29. The fourth-order valence-corrected chi connectivity index (χ4v) is 4.61. The number of aromatic nitrogens is 2. The molecule has 35 heavy (non-hydrogen) atoms. The van der Waals surface area contributed by atoms with Gasteiger partial charge >= 0.3 is 6.03 Å². The number of anilines is 1. The topological polar surface area (TPSA) is 71.4 Å². The third kappa shape index (κ3) is 5.52. The van der Waals surface area contributed by atoms with E-state index in [2.05, 4.69) is 20.6 Å². The molecule has 2 amide bonds. The minimum Gasteiger partial charge on any atom is -0.383 e. The monoisotopic (exact) mass is 483 g/mol. The zero-order chi connectivity index (χ0) is 24.9. The van der Waals surface area contributed by atoms with Crippen LogP contribution < -0.4 is 10.6 Å². The predicted molar refractivity (Wildman–Crippen MR) is 131 cm³/mol. The number of hydrogen-bond acceptors (Lipinski definition) is 4. The fraction of sp³-hybridized carbons (Fsp3) is 0.385. The molecule has 0 radical (unpaired) electrons. The number of hydrogen-bond donors (Lipinski definition) is 2. The Labute approximate surface area is 204 Å². The molecular weight excluding hydrogens is 452 g/mol. The Morgan fingerprint density at radius 3 is 2.60 bits per heavy atom. The number of halogens is 2. The molecule has 9 heteroatoms. The van der Waals surface area contributed by atoms with Crippen LogP contribution in [-0.2, 0) is 11.2 Å². The van der Waals surface area contributed by atoms with Crippen molar-refractivity contribution in [1.29, 1.82) is 0 Å². The molecule has 4 rings (SSSR count). The lowest BCUT2D eigenvalue weighted by Gasteiger charge is -2.21. The van der Waals surface area contributed by atoms with Crippen molar-refractivity contribution in [1.82, 2.24) is 20.0 Å². The van der Waals surface area contributed by atoms with Gasteiger partial charge in [0.25, 0.3) is 0 Å². The zero-order valence-corrected chi connectivity index (χ0v) is 20.2. The van der Waals surface area contributed by atoms with E-state index in [4.69, 9.17) is 4.74 Å². The van der Waals surface area contributed by atoms with Gasteiger partial charge < -0.3 is 10.1 Å². The molecule has 1 saturated heterocycles. The van der Waals surface area contributed by atoms with E-state index < -0.39 is 11.6 Å². The molecule has 2 N–H and O–H groups in total. The number of nitrogens with one attached hydrogen (secondary N) is 2. The molecule has 0 bridgehead atoms. The number of ether oxygens (including phenoxy) is 1. The molecule has 2 aromatic carbocycles. The highest BCUT2D eigenvalue weighted by atomic mass is 19.2. The molecule has 0 unspecified atom stereocenters. The normalized spacial score (nSPS) is 18.1. The van der Waals surface area contributed by atoms with Crippen LogP contribution in [-0.4, -0.2) is 60.1 Å². The van der Waals surface area contributed by atoms with Crippen LogP contribution in [0.5, 0.6) is 0 Å². The van der Waals surface area contributed by atoms with Crippen molar-refractivity contribution in [2.75, 3.05) is 38.7 Å². The molecular formula is C26H31F2N5O2. The van der Waals surface area contributed by atoms with Gasteiger partial charge in [0.15, 0.2) is 11.6 Å². The van der Waals surface area contributed by atoms with E-state index in [-0.39, 0.29) is 18.0 Å². The first-order valence-corrected chi connectivity index (χ1v) is 11.8. The lowest BCUT2D eigenvalue weighted by atomic mass is 9.94. The van der Waals surface area contributed by atoms with E-state index in [9.17, 15) is 13.6 Å². The van der Waals surface area contributed by atoms with Crippen LogP contribution in [0.1, 0.15) is 29.7 Å². The fourth-order valence-electron chi connectivity index (χ4n) is 4.61. The maximum Gasteiger partial charge on any atom is 0.320 e. The number of carbonyl (C=O) groups is 1. The number of amides is 2. The quantitative estimate of drug-likeness (QED) is 0.502. The van der Waals surface area contributed by atoms with Crippen LogP contribution in [0.25, 0.3) is 5.69 Å². The molecule has 186 valence electrons. The summed E-state index contributed by atoms with van der Waals surface area (Å²) in [5, 5.41) is 10.7. The minimum atomic E-state index is -0.893. The summed E-state index contributed by atoms with van der Waals surface area (Å²) in [4.78, 5) is 15.3. The SMILES string of the molecule is CCc1nn(-c2ccccc2)c(NC(=O)N[C@@H]2CN(CCOC)C[C@H]2c2ccc(F)c(F)c2)c1C. The van der Waals surface area contributed by atoms with Gasteiger partial charge in [0.1, 0.15) is 5.82 Å². The largest absolute Gasteiger partial charge is 0.383 e. The second-order valence-corrected chi connectivity index (χ2v) is 8.76. The summed E-state index contributed by atoms with van der Waals surface area (Å²) in [7, 11) is 1.63. The van der Waals surface area contributed by atoms with Crippen molar-refractivity contribution < 1.29 is 18.3 Å². The van der Waals surface area contributed by atoms with Gasteiger partial charge in [0, 0.05) is 38.2 Å². The first-order valence-electron chi connectivity index (χ1n) is 11.8. The van der Waals surface area contributed by atoms with Gasteiger partial charge in [0.2, 0.25) is 0 Å². The molecule has 7 nitrogen and oxygen atoms in total. The summed E-state index contributed by atoms with van der Waals surface area (Å²) in [6.45, 7) is 6.34. The van der Waals surface area contributed by atoms with Crippen LogP contribution in [0.15, 0.2) is 48.5 Å². The van der Waals surface area contributed by atoms with Gasteiger partial charge in [-0.25, -0.2) is 18.3 Å². The number of nitrogens with zero attached hydrogens (tertiary/aromatic N) is 3. The Hall–Kier alpha value is -3.30. The lowest BCUT2D eigenvalue weighted by Crippen LogP contribution is -2.42. The molecule has 2 atom stereocenters. The Kier molecular flexibility index (Phi) is 7.77. The van der Waals surface area contributed by atoms with Crippen LogP contribution in [0.2, 0.25) is 0 Å². The van der Waals surface area contributed by atoms with Crippen LogP contribution >= 0.6 is 0 Å². The zero-order valence-electron chi connectivity index (χ0n) is 20.2. The Morgan fingerprint density at radius 1 is 1.14 bits per heavy atom. The van der Waals surface area contributed by atoms with Gasteiger partial charge in [-0.2, -0.15) is 5.10 Å². The van der Waals surface area contributed by atoms with Crippen molar-refractivity contribution in [2.45, 2.75) is 32.2 Å². The average molecular weight is 484 g/mol. The minimum absolute atomic E-state index is 0.195. The van der Waals surface area contributed by atoms with Crippen LogP contribution in [0.4, 0.5) is 19.4 Å². The molecule has 0 spiro atoms. The highest BCUT2D eigenvalue weighted by Crippen LogP contribution is 2.29. The number of urea groups is 1. The molecule has 0 aliphatic carbocycles. The third-order valence-electron chi connectivity index (χ3n) is 6.48. The van der Waals surface area contributed by atoms with Gasteiger partial charge in [-0.05, 0) is 43.2 Å². The third-order valence-corrected chi connectivity index (χ3v) is 6.48. The molecule has 1 aliphatic rings. The highest BCUT2D eigenvalue weighted by molar-refractivity contribution is 5.90. The van der Waals surface area contributed by atoms with Crippen LogP contribution in [0.3, 0.4) is 0 Å². The van der Waals surface area contributed by atoms with Crippen molar-refractivity contribution in [3.05, 3.63) is 77.0 Å². The summed E-state index contributed by atoms with van der Waals surface area (Å²) in [6, 6.07) is 12.9. The number of carbonyl (C=O) groups excluding carboxylic acids is 1. The average Bonchev–Trinajstić information content (AvgIpc) is 3.40. The number of benzene rings is 2. The number of para-hydroxylation sites is 1. The first kappa shape index (κ1) is 24.8. The van der Waals surface area contributed by atoms with E-state index in [0.29, 0.717) is 37.6 Å². The molecule has 2 heterocycles. The molecule has 0 saturated carbocycles. The molecule has 1 aliphatic heterocycles. The van der Waals surface area contributed by atoms with Gasteiger partial charge in [-0.3, -0.25) is 10.2 Å². The number of methoxy groups -OCH3 is 1. The predicted octanol–water partition coefficient (Wildman–Crippen LogP) is 4.26. The van der Waals surface area contributed by atoms with Gasteiger partial charge in [-0.1, -0.05) is 31.2 Å². The van der Waals surface area contributed by atoms with Gasteiger partial charge in [0.05, 0.1) is 24.0 Å². The van der Waals surface area contributed by atoms with Crippen molar-refractivity contribution in [3.8, 4) is 5.69 Å². The molecule has 1 aromatic heterocycles.